The van der Waals surface area contributed by atoms with E-state index in [1.54, 1.807) is 19.9 Å². The number of hydrogen-bond donors (Lipinski definition) is 2. The summed E-state index contributed by atoms with van der Waals surface area (Å²) in [5, 5.41) is 19.6. The lowest BCUT2D eigenvalue weighted by Crippen LogP contribution is -2.42. The topological polar surface area (TPSA) is 70.0 Å². The molecule has 1 aromatic carbocycles. The van der Waals surface area contributed by atoms with Gasteiger partial charge >= 0.3 is 0 Å². The summed E-state index contributed by atoms with van der Waals surface area (Å²) < 4.78 is 4.97. The average molecular weight is 267 g/mol. The molecule has 1 amide bonds. The van der Waals surface area contributed by atoms with E-state index in [2.05, 4.69) is 0 Å². The third-order valence-corrected chi connectivity index (χ3v) is 2.68. The van der Waals surface area contributed by atoms with Gasteiger partial charge in [0.25, 0.3) is 5.91 Å². The van der Waals surface area contributed by atoms with E-state index < -0.39 is 5.60 Å². The summed E-state index contributed by atoms with van der Waals surface area (Å²) in [6.07, 6.45) is 0. The summed E-state index contributed by atoms with van der Waals surface area (Å²) in [7, 11) is 1.49. The molecular formula is C14H21NO4. The third-order valence-electron chi connectivity index (χ3n) is 2.68. The van der Waals surface area contributed by atoms with Crippen LogP contribution in [0.15, 0.2) is 18.2 Å². The Morgan fingerprint density at radius 3 is 2.47 bits per heavy atom. The highest BCUT2D eigenvalue weighted by molar-refractivity contribution is 5.97. The summed E-state index contributed by atoms with van der Waals surface area (Å²) in [6, 6.07) is 4.53. The summed E-state index contributed by atoms with van der Waals surface area (Å²) in [6.45, 7) is 5.75. The Bertz CT molecular complexity index is 451. The fraction of sp³-hybridized carbons (Fsp3) is 0.500. The molecule has 0 aromatic heterocycles. The summed E-state index contributed by atoms with van der Waals surface area (Å²) in [4.78, 5) is 13.8. The second-order valence-corrected chi connectivity index (χ2v) is 5.01. The minimum atomic E-state index is -0.978. The van der Waals surface area contributed by atoms with E-state index in [0.29, 0.717) is 12.3 Å². The van der Waals surface area contributed by atoms with Crippen LogP contribution in [0.1, 0.15) is 31.1 Å². The van der Waals surface area contributed by atoms with Crippen molar-refractivity contribution in [1.82, 2.24) is 4.90 Å². The standard InChI is InChI=1S/C14H21NO4/c1-5-15(9-14(2,3)18)13(17)11-7-6-10(19-4)8-12(11)16/h6-8,16,18H,5,9H2,1-4H3. The molecule has 0 saturated carbocycles. The Hall–Kier alpha value is -1.75. The smallest absolute Gasteiger partial charge is 0.257 e. The van der Waals surface area contributed by atoms with Crippen molar-refractivity contribution in [3.8, 4) is 11.5 Å². The van der Waals surface area contributed by atoms with Gasteiger partial charge in [-0.15, -0.1) is 0 Å². The van der Waals surface area contributed by atoms with Gasteiger partial charge in [-0.25, -0.2) is 0 Å². The number of carbonyl (C=O) groups is 1. The first kappa shape index (κ1) is 15.3. The predicted molar refractivity (Wildman–Crippen MR) is 72.5 cm³/mol. The van der Waals surface area contributed by atoms with Crippen molar-refractivity contribution in [2.45, 2.75) is 26.4 Å². The highest BCUT2D eigenvalue weighted by atomic mass is 16.5. The van der Waals surface area contributed by atoms with Crippen molar-refractivity contribution in [2.24, 2.45) is 0 Å². The van der Waals surface area contributed by atoms with Crippen molar-refractivity contribution < 1.29 is 19.7 Å². The van der Waals surface area contributed by atoms with Gasteiger partial charge in [-0.3, -0.25) is 4.79 Å². The van der Waals surface area contributed by atoms with Gasteiger partial charge in [0.1, 0.15) is 11.5 Å². The highest BCUT2D eigenvalue weighted by Gasteiger charge is 2.24. The molecule has 1 aromatic rings. The molecule has 0 atom stereocenters. The zero-order chi connectivity index (χ0) is 14.6. The molecule has 0 bridgehead atoms. The molecule has 0 radical (unpaired) electrons. The van der Waals surface area contributed by atoms with E-state index in [-0.39, 0.29) is 23.8 Å². The summed E-state index contributed by atoms with van der Waals surface area (Å²) >= 11 is 0. The Morgan fingerprint density at radius 1 is 1.42 bits per heavy atom. The Kier molecular flexibility index (Phi) is 4.78. The van der Waals surface area contributed by atoms with Gasteiger partial charge in [-0.05, 0) is 32.9 Å². The molecule has 5 heteroatoms. The third kappa shape index (κ3) is 4.13. The van der Waals surface area contributed by atoms with Crippen LogP contribution >= 0.6 is 0 Å². The van der Waals surface area contributed by atoms with E-state index in [4.69, 9.17) is 4.74 Å². The van der Waals surface area contributed by atoms with E-state index in [1.165, 1.54) is 24.1 Å². The van der Waals surface area contributed by atoms with Crippen molar-refractivity contribution in [1.29, 1.82) is 0 Å². The number of phenolic OH excluding ortho intramolecular Hbond substituents is 1. The van der Waals surface area contributed by atoms with Gasteiger partial charge in [0.05, 0.1) is 18.3 Å². The fourth-order valence-electron chi connectivity index (χ4n) is 1.78. The maximum absolute atomic E-state index is 12.3. The number of methoxy groups -OCH3 is 1. The Labute approximate surface area is 113 Å². The first-order chi connectivity index (χ1) is 8.78. The molecule has 2 N–H and O–H groups in total. The largest absolute Gasteiger partial charge is 0.507 e. The van der Waals surface area contributed by atoms with Crippen molar-refractivity contribution in [2.75, 3.05) is 20.2 Å². The van der Waals surface area contributed by atoms with Crippen LogP contribution in [0.4, 0.5) is 0 Å². The first-order valence-corrected chi connectivity index (χ1v) is 6.17. The second-order valence-electron chi connectivity index (χ2n) is 5.01. The van der Waals surface area contributed by atoms with Crippen LogP contribution in [0.3, 0.4) is 0 Å². The van der Waals surface area contributed by atoms with Crippen molar-refractivity contribution in [3.63, 3.8) is 0 Å². The second kappa shape index (κ2) is 5.93. The maximum Gasteiger partial charge on any atom is 0.257 e. The lowest BCUT2D eigenvalue weighted by Gasteiger charge is -2.28. The molecule has 0 spiro atoms. The number of hydrogen-bond acceptors (Lipinski definition) is 4. The Morgan fingerprint density at radius 2 is 2.05 bits per heavy atom. The lowest BCUT2D eigenvalue weighted by atomic mass is 10.1. The van der Waals surface area contributed by atoms with Crippen molar-refractivity contribution in [3.05, 3.63) is 23.8 Å². The van der Waals surface area contributed by atoms with Gasteiger partial charge in [-0.2, -0.15) is 0 Å². The van der Waals surface area contributed by atoms with Crippen LogP contribution < -0.4 is 4.74 Å². The molecule has 106 valence electrons. The van der Waals surface area contributed by atoms with E-state index in [9.17, 15) is 15.0 Å². The quantitative estimate of drug-likeness (QED) is 0.850. The molecular weight excluding hydrogens is 246 g/mol. The number of aromatic hydroxyl groups is 1. The van der Waals surface area contributed by atoms with Gasteiger partial charge in [0, 0.05) is 19.2 Å². The zero-order valence-corrected chi connectivity index (χ0v) is 11.8. The Balaban J connectivity index is 2.98. The predicted octanol–water partition coefficient (Wildman–Crippen LogP) is 1.63. The maximum atomic E-state index is 12.3. The number of rotatable bonds is 5. The van der Waals surface area contributed by atoms with Crippen LogP contribution in [0.5, 0.6) is 11.5 Å². The molecule has 5 nitrogen and oxygen atoms in total. The molecule has 0 aliphatic rings. The van der Waals surface area contributed by atoms with Crippen molar-refractivity contribution >= 4 is 5.91 Å². The highest BCUT2D eigenvalue weighted by Crippen LogP contribution is 2.25. The monoisotopic (exact) mass is 267 g/mol. The molecule has 0 saturated heterocycles. The summed E-state index contributed by atoms with van der Waals surface area (Å²) in [5.41, 5.74) is -0.778. The molecule has 0 aliphatic heterocycles. The van der Waals surface area contributed by atoms with Crippen LogP contribution in [0.25, 0.3) is 0 Å². The zero-order valence-electron chi connectivity index (χ0n) is 11.8. The van der Waals surface area contributed by atoms with Crippen LogP contribution in [-0.2, 0) is 0 Å². The molecule has 0 aliphatic carbocycles. The minimum absolute atomic E-state index is 0.126. The first-order valence-electron chi connectivity index (χ1n) is 6.17. The molecule has 0 fully saturated rings. The number of nitrogens with zero attached hydrogens (tertiary/aromatic N) is 1. The van der Waals surface area contributed by atoms with Gasteiger partial charge < -0.3 is 19.8 Å². The average Bonchev–Trinajstić information content (AvgIpc) is 2.33. The van der Waals surface area contributed by atoms with Gasteiger partial charge in [-0.1, -0.05) is 0 Å². The van der Waals surface area contributed by atoms with Crippen LogP contribution in [-0.4, -0.2) is 46.8 Å². The summed E-state index contributed by atoms with van der Waals surface area (Å²) in [5.74, 6) is 0.0444. The van der Waals surface area contributed by atoms with Crippen LogP contribution in [0.2, 0.25) is 0 Å². The van der Waals surface area contributed by atoms with E-state index in [1.807, 2.05) is 6.92 Å². The number of carbonyl (C=O) groups excluding carboxylic acids is 1. The number of phenols is 1. The normalized spacial score (nSPS) is 11.2. The number of aliphatic hydroxyl groups is 1. The lowest BCUT2D eigenvalue weighted by molar-refractivity contribution is 0.0313. The SMILES string of the molecule is CCN(CC(C)(C)O)C(=O)c1ccc(OC)cc1O. The number of ether oxygens (including phenoxy) is 1. The van der Waals surface area contributed by atoms with E-state index >= 15 is 0 Å². The number of benzene rings is 1. The molecule has 0 unspecified atom stereocenters. The van der Waals surface area contributed by atoms with Gasteiger partial charge in [0.2, 0.25) is 0 Å². The van der Waals surface area contributed by atoms with Gasteiger partial charge in [0.15, 0.2) is 0 Å². The molecule has 0 heterocycles. The molecule has 19 heavy (non-hydrogen) atoms. The minimum Gasteiger partial charge on any atom is -0.507 e. The van der Waals surface area contributed by atoms with E-state index in [0.717, 1.165) is 0 Å². The number of likely N-dealkylation sites (N-methyl/N-ethyl adjacent to an activating group) is 1. The fourth-order valence-corrected chi connectivity index (χ4v) is 1.78. The van der Waals surface area contributed by atoms with Crippen LogP contribution in [0, 0.1) is 0 Å². The molecule has 1 rings (SSSR count). The number of amides is 1.